The molecule has 0 saturated carbocycles. The van der Waals surface area contributed by atoms with Gasteiger partial charge >= 0.3 is 6.09 Å². The fourth-order valence-electron chi connectivity index (χ4n) is 4.46. The molecule has 2 aromatic carbocycles. The third-order valence-corrected chi connectivity index (χ3v) is 6.49. The zero-order valence-electron chi connectivity index (χ0n) is 24.8. The molecule has 0 radical (unpaired) electrons. The second-order valence-corrected chi connectivity index (χ2v) is 11.0. The fourth-order valence-corrected chi connectivity index (χ4v) is 4.46. The Hall–Kier alpha value is -3.83. The van der Waals surface area contributed by atoms with Crippen LogP contribution in [0.3, 0.4) is 0 Å². The highest BCUT2D eigenvalue weighted by Gasteiger charge is 2.36. The lowest BCUT2D eigenvalue weighted by atomic mass is 9.97. The first kappa shape index (κ1) is 33.4. The quantitative estimate of drug-likeness (QED) is 0.206. The summed E-state index contributed by atoms with van der Waals surface area (Å²) in [5, 5.41) is 15.6. The lowest BCUT2D eigenvalue weighted by Gasteiger charge is -2.34. The molecule has 2 atom stereocenters. The minimum Gasteiger partial charge on any atom is -0.444 e. The molecule has 0 aliphatic carbocycles. The molecule has 222 valence electrons. The number of aliphatic hydroxyl groups excluding tert-OH is 1. The molecule has 3 amide bonds. The Kier molecular flexibility index (Phi) is 13.9. The van der Waals surface area contributed by atoms with Crippen LogP contribution in [0, 0.1) is 12.3 Å². The number of carbonyl (C=O) groups excluding carboxylic acids is 3. The summed E-state index contributed by atoms with van der Waals surface area (Å²) in [7, 11) is 0. The normalized spacial score (nSPS) is 12.5. The van der Waals surface area contributed by atoms with Crippen molar-refractivity contribution < 1.29 is 24.2 Å². The van der Waals surface area contributed by atoms with Crippen molar-refractivity contribution in [2.45, 2.75) is 90.4 Å². The molecular weight excluding hydrogens is 518 g/mol. The van der Waals surface area contributed by atoms with Crippen LogP contribution in [0.5, 0.6) is 0 Å². The number of nitrogens with zero attached hydrogens (tertiary/aromatic N) is 1. The second kappa shape index (κ2) is 17.1. The third-order valence-electron chi connectivity index (χ3n) is 6.49. The summed E-state index contributed by atoms with van der Waals surface area (Å²) in [6.07, 6.45) is 10.8. The maximum Gasteiger partial charge on any atom is 0.408 e. The Balaban J connectivity index is 2.44. The van der Waals surface area contributed by atoms with Gasteiger partial charge in [-0.1, -0.05) is 93.5 Å². The van der Waals surface area contributed by atoms with Crippen molar-refractivity contribution in [2.75, 3.05) is 13.2 Å². The van der Waals surface area contributed by atoms with Gasteiger partial charge in [0.05, 0.1) is 6.61 Å². The summed E-state index contributed by atoms with van der Waals surface area (Å²) in [5.74, 6) is 1.62. The van der Waals surface area contributed by atoms with Gasteiger partial charge in [0, 0.05) is 18.7 Å². The van der Waals surface area contributed by atoms with E-state index in [0.29, 0.717) is 17.5 Å². The number of carbonyl (C=O) groups is 3. The van der Waals surface area contributed by atoms with Crippen LogP contribution in [0.25, 0.3) is 0 Å². The van der Waals surface area contributed by atoms with Crippen LogP contribution in [0.2, 0.25) is 0 Å². The highest BCUT2D eigenvalue weighted by atomic mass is 16.6. The second-order valence-electron chi connectivity index (χ2n) is 11.0. The first-order chi connectivity index (χ1) is 19.6. The molecule has 0 aliphatic heterocycles. The van der Waals surface area contributed by atoms with E-state index in [9.17, 15) is 19.5 Å². The first-order valence-electron chi connectivity index (χ1n) is 14.4. The van der Waals surface area contributed by atoms with Crippen LogP contribution in [-0.4, -0.2) is 52.7 Å². The predicted molar refractivity (Wildman–Crippen MR) is 161 cm³/mol. The molecule has 2 rings (SSSR count). The first-order valence-corrected chi connectivity index (χ1v) is 14.4. The average molecular weight is 564 g/mol. The van der Waals surface area contributed by atoms with Gasteiger partial charge in [0.2, 0.25) is 11.8 Å². The van der Waals surface area contributed by atoms with E-state index in [1.165, 1.54) is 4.90 Å². The SMILES string of the molecule is C#Cc1ccccc1C(C(=O)NCc1ccccc1)N(CCCCCCCC)C(=O)C(CO)NC(=O)OC(C)(C)C. The van der Waals surface area contributed by atoms with Crippen LogP contribution in [0.1, 0.15) is 89.0 Å². The van der Waals surface area contributed by atoms with Crippen LogP contribution < -0.4 is 10.6 Å². The van der Waals surface area contributed by atoms with Gasteiger partial charge in [-0.15, -0.1) is 6.42 Å². The van der Waals surface area contributed by atoms with Crippen molar-refractivity contribution in [1.82, 2.24) is 15.5 Å². The topological polar surface area (TPSA) is 108 Å². The predicted octanol–water partition coefficient (Wildman–Crippen LogP) is 5.10. The van der Waals surface area contributed by atoms with E-state index in [-0.39, 0.29) is 13.1 Å². The maximum atomic E-state index is 14.0. The largest absolute Gasteiger partial charge is 0.444 e. The highest BCUT2D eigenvalue weighted by Crippen LogP contribution is 2.27. The number of rotatable bonds is 15. The van der Waals surface area contributed by atoms with Gasteiger partial charge in [-0.3, -0.25) is 9.59 Å². The maximum absolute atomic E-state index is 14.0. The van der Waals surface area contributed by atoms with E-state index in [1.807, 2.05) is 30.3 Å². The summed E-state index contributed by atoms with van der Waals surface area (Å²) in [4.78, 5) is 41.8. The zero-order chi connectivity index (χ0) is 30.3. The number of benzene rings is 2. The number of terminal acetylenes is 1. The number of unbranched alkanes of at least 4 members (excludes halogenated alkanes) is 5. The number of amides is 3. The van der Waals surface area contributed by atoms with E-state index < -0.39 is 42.2 Å². The minimum atomic E-state index is -1.31. The van der Waals surface area contributed by atoms with Crippen molar-refractivity contribution in [3.63, 3.8) is 0 Å². The summed E-state index contributed by atoms with van der Waals surface area (Å²) in [6.45, 7) is 7.09. The van der Waals surface area contributed by atoms with Crippen molar-refractivity contribution >= 4 is 17.9 Å². The van der Waals surface area contributed by atoms with Crippen LogP contribution in [0.4, 0.5) is 4.79 Å². The van der Waals surface area contributed by atoms with Crippen LogP contribution >= 0.6 is 0 Å². The molecule has 3 N–H and O–H groups in total. The highest BCUT2D eigenvalue weighted by molar-refractivity contribution is 5.92. The molecule has 0 spiro atoms. The molecular formula is C33H45N3O5. The molecule has 0 saturated heterocycles. The molecule has 2 aromatic rings. The molecule has 0 aromatic heterocycles. The molecule has 8 nitrogen and oxygen atoms in total. The molecule has 0 fully saturated rings. The summed E-state index contributed by atoms with van der Waals surface area (Å²) in [5.41, 5.74) is 1.08. The Bertz CT molecular complexity index is 1150. The van der Waals surface area contributed by atoms with E-state index in [2.05, 4.69) is 23.5 Å². The summed E-state index contributed by atoms with van der Waals surface area (Å²) >= 11 is 0. The Labute approximate surface area is 244 Å². The number of aliphatic hydroxyl groups is 1. The van der Waals surface area contributed by atoms with Crippen LogP contribution in [-0.2, 0) is 20.9 Å². The molecule has 8 heteroatoms. The Morgan fingerprint density at radius 1 is 0.976 bits per heavy atom. The van der Waals surface area contributed by atoms with Crippen molar-refractivity contribution in [2.24, 2.45) is 0 Å². The Morgan fingerprint density at radius 2 is 1.61 bits per heavy atom. The number of hydrogen-bond donors (Lipinski definition) is 3. The number of ether oxygens (including phenoxy) is 1. The average Bonchev–Trinajstić information content (AvgIpc) is 2.95. The number of nitrogens with one attached hydrogen (secondary N) is 2. The van der Waals surface area contributed by atoms with E-state index in [4.69, 9.17) is 11.2 Å². The molecule has 2 unspecified atom stereocenters. The number of hydrogen-bond acceptors (Lipinski definition) is 5. The fraction of sp³-hybridized carbons (Fsp3) is 0.485. The van der Waals surface area contributed by atoms with Crippen molar-refractivity contribution in [3.8, 4) is 12.3 Å². The van der Waals surface area contributed by atoms with Gasteiger partial charge < -0.3 is 25.4 Å². The molecule has 0 heterocycles. The van der Waals surface area contributed by atoms with E-state index in [1.54, 1.807) is 45.0 Å². The molecule has 0 bridgehead atoms. The summed E-state index contributed by atoms with van der Waals surface area (Å²) in [6, 6.07) is 14.1. The van der Waals surface area contributed by atoms with Gasteiger partial charge in [0.1, 0.15) is 17.7 Å². The van der Waals surface area contributed by atoms with Gasteiger partial charge in [-0.25, -0.2) is 4.79 Å². The molecule has 41 heavy (non-hydrogen) atoms. The lowest BCUT2D eigenvalue weighted by Crippen LogP contribution is -2.54. The lowest BCUT2D eigenvalue weighted by molar-refractivity contribution is -0.143. The van der Waals surface area contributed by atoms with Gasteiger partial charge in [-0.2, -0.15) is 0 Å². The standard InChI is InChI=1S/C33H45N3O5/c1-6-8-9-10-11-17-22-36(31(39)28(24-37)35-32(40)41-33(3,4)5)29(27-21-16-15-20-26(27)7-2)30(38)34-23-25-18-13-12-14-19-25/h2,12-16,18-21,28-29,37H,6,8-11,17,22-24H2,1,3-5H3,(H,34,38)(H,35,40). The van der Waals surface area contributed by atoms with Crippen molar-refractivity contribution in [3.05, 3.63) is 71.3 Å². The zero-order valence-corrected chi connectivity index (χ0v) is 24.8. The van der Waals surface area contributed by atoms with E-state index >= 15 is 0 Å². The smallest absolute Gasteiger partial charge is 0.408 e. The van der Waals surface area contributed by atoms with Gasteiger partial charge in [0.15, 0.2) is 0 Å². The van der Waals surface area contributed by atoms with Gasteiger partial charge in [0.25, 0.3) is 0 Å². The monoisotopic (exact) mass is 563 g/mol. The third kappa shape index (κ3) is 11.3. The van der Waals surface area contributed by atoms with Crippen LogP contribution in [0.15, 0.2) is 54.6 Å². The number of alkyl carbamates (subject to hydrolysis) is 1. The molecule has 0 aliphatic rings. The minimum absolute atomic E-state index is 0.236. The van der Waals surface area contributed by atoms with Gasteiger partial charge in [-0.05, 0) is 44.4 Å². The Morgan fingerprint density at radius 3 is 2.24 bits per heavy atom. The summed E-state index contributed by atoms with van der Waals surface area (Å²) < 4.78 is 5.31. The van der Waals surface area contributed by atoms with E-state index in [0.717, 1.165) is 37.7 Å². The van der Waals surface area contributed by atoms with Crippen molar-refractivity contribution in [1.29, 1.82) is 0 Å².